The lowest BCUT2D eigenvalue weighted by molar-refractivity contribution is -0.146. The Bertz CT molecular complexity index is 1390. The molecule has 0 aromatic heterocycles. The molecule has 2 aliphatic heterocycles. The summed E-state index contributed by atoms with van der Waals surface area (Å²) in [6.45, 7) is 5.19. The molecule has 0 N–H and O–H groups in total. The van der Waals surface area contributed by atoms with Crippen molar-refractivity contribution in [2.75, 3.05) is 13.2 Å². The molecule has 2 heterocycles. The van der Waals surface area contributed by atoms with Gasteiger partial charge in [0.15, 0.2) is 0 Å². The van der Waals surface area contributed by atoms with E-state index in [1.807, 2.05) is 24.3 Å². The Balaban J connectivity index is 0.834. The molecule has 273 valence electrons. The van der Waals surface area contributed by atoms with Crippen LogP contribution in [0.25, 0.3) is 0 Å². The van der Waals surface area contributed by atoms with E-state index in [2.05, 4.69) is 21.1 Å². The summed E-state index contributed by atoms with van der Waals surface area (Å²) in [6.07, 6.45) is 10.8. The van der Waals surface area contributed by atoms with E-state index >= 15 is 0 Å². The molecule has 10 heteroatoms. The van der Waals surface area contributed by atoms with Gasteiger partial charge in [0.25, 0.3) is 0 Å². The van der Waals surface area contributed by atoms with Crippen molar-refractivity contribution in [1.29, 1.82) is 0 Å². The molecule has 2 saturated carbocycles. The molecule has 2 aromatic carbocycles. The van der Waals surface area contributed by atoms with Crippen LogP contribution in [0.15, 0.2) is 48.5 Å². The highest BCUT2D eigenvalue weighted by atomic mass is 16.6. The van der Waals surface area contributed by atoms with E-state index in [4.69, 9.17) is 23.7 Å². The van der Waals surface area contributed by atoms with E-state index in [-0.39, 0.29) is 42.1 Å². The van der Waals surface area contributed by atoms with Crippen LogP contribution in [0.1, 0.15) is 115 Å². The molecule has 4 fully saturated rings. The first-order valence-corrected chi connectivity index (χ1v) is 19.1. The molecule has 6 rings (SSSR count). The largest absolute Gasteiger partial charge is 0.465 e. The minimum atomic E-state index is -0.352. The van der Waals surface area contributed by atoms with Crippen LogP contribution in [-0.2, 0) is 38.8 Å². The highest BCUT2D eigenvalue weighted by Gasteiger charge is 2.44. The monoisotopic (exact) mass is 699 g/mol. The van der Waals surface area contributed by atoms with Crippen molar-refractivity contribution < 1.29 is 42.9 Å². The number of epoxide rings is 1. The Morgan fingerprint density at radius 3 is 1.57 bits per heavy atom. The molecule has 2 aliphatic carbocycles. The maximum atomic E-state index is 12.4. The van der Waals surface area contributed by atoms with Crippen molar-refractivity contribution in [2.24, 2.45) is 11.8 Å². The van der Waals surface area contributed by atoms with Crippen molar-refractivity contribution in [2.45, 2.75) is 133 Å². The zero-order valence-corrected chi connectivity index (χ0v) is 30.1. The van der Waals surface area contributed by atoms with Gasteiger partial charge in [0.1, 0.15) is 18.8 Å². The third-order valence-corrected chi connectivity index (χ3v) is 11.1. The van der Waals surface area contributed by atoms with Gasteiger partial charge >= 0.3 is 23.9 Å². The topological polar surface area (TPSA) is 118 Å². The van der Waals surface area contributed by atoms with Crippen LogP contribution in [-0.4, -0.2) is 56.6 Å². The van der Waals surface area contributed by atoms with Crippen LogP contribution in [0.3, 0.4) is 0 Å². The molecule has 4 aliphatic rings. The molecule has 51 heavy (non-hydrogen) atoms. The quantitative estimate of drug-likeness (QED) is 0.0507. The van der Waals surface area contributed by atoms with Crippen LogP contribution in [0.4, 0.5) is 0 Å². The second kappa shape index (κ2) is 17.2. The van der Waals surface area contributed by atoms with Crippen LogP contribution in [0, 0.1) is 11.8 Å². The maximum absolute atomic E-state index is 12.4. The number of ether oxygens (including phenoxy) is 5. The predicted octanol–water partition coefficient (Wildman–Crippen LogP) is 7.69. The number of hydrogen-bond acceptors (Lipinski definition) is 9. The van der Waals surface area contributed by atoms with E-state index in [9.17, 15) is 19.2 Å². The Kier molecular flexibility index (Phi) is 12.5. The first-order valence-electron chi connectivity index (χ1n) is 19.1. The summed E-state index contributed by atoms with van der Waals surface area (Å²) in [5, 5.41) is 0. The Hall–Kier alpha value is -3.66. The average Bonchev–Trinajstić information content (AvgIpc) is 4.06. The fourth-order valence-corrected chi connectivity index (χ4v) is 7.59. The SMILES string of the molecule is CC(C)(c1ccc(OC(=O)CCCCC(=O)OCC2CCC3[B]C3C2)cc1)c1ccc(OC(=O)CCCCC(=O)OCC2CCC3OC3C2)cc1. The van der Waals surface area contributed by atoms with Crippen LogP contribution in [0.5, 0.6) is 11.5 Å². The number of benzene rings is 2. The van der Waals surface area contributed by atoms with Gasteiger partial charge in [0.2, 0.25) is 0 Å². The van der Waals surface area contributed by atoms with E-state index in [0.29, 0.717) is 87.3 Å². The summed E-state index contributed by atoms with van der Waals surface area (Å²) < 4.78 is 27.5. The van der Waals surface area contributed by atoms with Gasteiger partial charge in [-0.25, -0.2) is 0 Å². The van der Waals surface area contributed by atoms with Gasteiger partial charge in [0, 0.05) is 31.1 Å². The number of unbranched alkanes of at least 4 members (excludes halogenated alkanes) is 2. The Morgan fingerprint density at radius 2 is 1.08 bits per heavy atom. The van der Waals surface area contributed by atoms with E-state index in [1.54, 1.807) is 24.3 Å². The maximum Gasteiger partial charge on any atom is 0.311 e. The second-order valence-corrected chi connectivity index (χ2v) is 15.5. The highest BCUT2D eigenvalue weighted by molar-refractivity contribution is 6.53. The number of fused-ring (bicyclic) bond motifs is 2. The van der Waals surface area contributed by atoms with Crippen molar-refractivity contribution in [3.8, 4) is 11.5 Å². The Morgan fingerprint density at radius 1 is 0.608 bits per heavy atom. The van der Waals surface area contributed by atoms with Gasteiger partial charge in [-0.05, 0) is 98.6 Å². The van der Waals surface area contributed by atoms with Gasteiger partial charge in [-0.3, -0.25) is 19.2 Å². The van der Waals surface area contributed by atoms with Crippen molar-refractivity contribution in [3.63, 3.8) is 0 Å². The van der Waals surface area contributed by atoms with Gasteiger partial charge in [0.05, 0.1) is 25.4 Å². The van der Waals surface area contributed by atoms with Crippen LogP contribution < -0.4 is 9.47 Å². The van der Waals surface area contributed by atoms with Gasteiger partial charge in [-0.2, -0.15) is 0 Å². The zero-order chi connectivity index (χ0) is 35.8. The molecule has 0 bridgehead atoms. The van der Waals surface area contributed by atoms with Crippen LogP contribution >= 0.6 is 0 Å². The summed E-state index contributed by atoms with van der Waals surface area (Å²) in [7, 11) is 2.41. The third kappa shape index (κ3) is 11.2. The fraction of sp³-hybridized carbons (Fsp3) is 0.610. The van der Waals surface area contributed by atoms with Crippen molar-refractivity contribution in [1.82, 2.24) is 0 Å². The predicted molar refractivity (Wildman–Crippen MR) is 192 cm³/mol. The minimum absolute atomic E-state index is 0.182. The van der Waals surface area contributed by atoms with Gasteiger partial charge < -0.3 is 23.7 Å². The summed E-state index contributed by atoms with van der Waals surface area (Å²) in [5.41, 5.74) is 1.72. The van der Waals surface area contributed by atoms with Gasteiger partial charge in [-0.15, -0.1) is 0 Å². The lowest BCUT2D eigenvalue weighted by Crippen LogP contribution is -2.20. The standard InChI is InChI=1S/C41H52BO9/c1-41(2,29-13-17-31(18-14-29)49-39(45)9-5-3-7-37(43)47-25-27-11-21-33-34(23-27)42-33)30-15-19-32(20-16-30)50-40(46)10-6-4-8-38(44)48-26-28-12-22-35-36(24-28)51-35/h13-20,27-28,33-36H,3-12,21-26H2,1-2H3. The van der Waals surface area contributed by atoms with Crippen molar-refractivity contribution >= 4 is 31.2 Å². The molecule has 2 aromatic rings. The highest BCUT2D eigenvalue weighted by Crippen LogP contribution is 2.54. The number of rotatable bonds is 18. The molecule has 6 unspecified atom stereocenters. The Labute approximate surface area is 302 Å². The molecule has 0 amide bonds. The van der Waals surface area contributed by atoms with E-state index < -0.39 is 0 Å². The van der Waals surface area contributed by atoms with E-state index in [0.717, 1.165) is 54.9 Å². The number of esters is 4. The minimum Gasteiger partial charge on any atom is -0.465 e. The molecule has 2 saturated heterocycles. The summed E-state index contributed by atoms with van der Waals surface area (Å²) in [4.78, 5) is 49.1. The molecule has 9 nitrogen and oxygen atoms in total. The first-order chi connectivity index (χ1) is 24.6. The summed E-state index contributed by atoms with van der Waals surface area (Å²) in [6, 6.07) is 15.0. The normalized spacial score (nSPS) is 24.6. The first kappa shape index (κ1) is 37.1. The lowest BCUT2D eigenvalue weighted by atomic mass is 9.78. The number of hydrogen-bond donors (Lipinski definition) is 0. The number of carbonyl (C=O) groups excluding carboxylic acids is 4. The lowest BCUT2D eigenvalue weighted by Gasteiger charge is -2.26. The smallest absolute Gasteiger partial charge is 0.311 e. The molecule has 6 atom stereocenters. The van der Waals surface area contributed by atoms with Crippen molar-refractivity contribution in [3.05, 3.63) is 59.7 Å². The van der Waals surface area contributed by atoms with E-state index in [1.165, 1.54) is 6.42 Å². The molecule has 1 radical (unpaired) electrons. The zero-order valence-electron chi connectivity index (χ0n) is 30.1. The molecular weight excluding hydrogens is 647 g/mol. The summed E-state index contributed by atoms with van der Waals surface area (Å²) in [5.74, 6) is 2.36. The molecular formula is C41H52BO9. The third-order valence-electron chi connectivity index (χ3n) is 11.1. The van der Waals surface area contributed by atoms with Crippen LogP contribution in [0.2, 0.25) is 11.6 Å². The number of carbonyl (C=O) groups is 4. The molecule has 0 spiro atoms. The second-order valence-electron chi connectivity index (χ2n) is 15.5. The summed E-state index contributed by atoms with van der Waals surface area (Å²) >= 11 is 0. The van der Waals surface area contributed by atoms with Gasteiger partial charge in [-0.1, -0.05) is 62.6 Å². The average molecular weight is 700 g/mol. The fourth-order valence-electron chi connectivity index (χ4n) is 7.59.